The van der Waals surface area contributed by atoms with Crippen molar-refractivity contribution in [1.29, 1.82) is 5.41 Å². The van der Waals surface area contributed by atoms with Gasteiger partial charge in [0.15, 0.2) is 0 Å². The largest absolute Gasteiger partial charge is 0.490 e. The second kappa shape index (κ2) is 17.1. The normalized spacial score (nSPS) is 16.6. The first-order chi connectivity index (χ1) is 22.3. The SMILES string of the molecule is C[C@H](NC(=O)[C@H]1C[C@@H](c2ccc3ccccc3c2)CCN1)C(=O)NCc1ccc(C(=N)N)cc1.O=C(O)C(F)(F)F.O=C(O)C(F)(F)F. The summed E-state index contributed by atoms with van der Waals surface area (Å²) in [6.07, 6.45) is -8.50. The third kappa shape index (κ3) is 12.5. The van der Waals surface area contributed by atoms with Crippen molar-refractivity contribution in [2.75, 3.05) is 6.54 Å². The highest BCUT2D eigenvalue weighted by Gasteiger charge is 2.39. The first-order valence-electron chi connectivity index (χ1n) is 14.1. The number of alkyl halides is 6. The molecule has 260 valence electrons. The molecular formula is C31H33F6N5O6. The Kier molecular flexibility index (Phi) is 13.9. The van der Waals surface area contributed by atoms with Gasteiger partial charge >= 0.3 is 24.3 Å². The first-order valence-corrected chi connectivity index (χ1v) is 14.1. The van der Waals surface area contributed by atoms with Crippen molar-refractivity contribution >= 4 is 40.4 Å². The van der Waals surface area contributed by atoms with Gasteiger partial charge < -0.3 is 31.9 Å². The third-order valence-electron chi connectivity index (χ3n) is 6.93. The van der Waals surface area contributed by atoms with Crippen molar-refractivity contribution < 1.29 is 55.7 Å². The molecular weight excluding hydrogens is 652 g/mol. The zero-order valence-corrected chi connectivity index (χ0v) is 25.3. The average molecular weight is 686 g/mol. The highest BCUT2D eigenvalue weighted by atomic mass is 19.4. The number of rotatable bonds is 7. The summed E-state index contributed by atoms with van der Waals surface area (Å²) in [4.78, 5) is 43.2. The van der Waals surface area contributed by atoms with Crippen molar-refractivity contribution in [3.8, 4) is 0 Å². The molecule has 0 bridgehead atoms. The van der Waals surface area contributed by atoms with E-state index in [0.29, 0.717) is 24.4 Å². The number of amidine groups is 1. The van der Waals surface area contributed by atoms with E-state index in [4.69, 9.17) is 30.9 Å². The first kappa shape index (κ1) is 39.0. The lowest BCUT2D eigenvalue weighted by molar-refractivity contribution is -0.193. The number of hydrogen-bond acceptors (Lipinski definition) is 6. The van der Waals surface area contributed by atoms with Gasteiger partial charge in [-0.05, 0) is 54.1 Å². The minimum absolute atomic E-state index is 0.00565. The van der Waals surface area contributed by atoms with Crippen LogP contribution in [-0.4, -0.2) is 70.8 Å². The van der Waals surface area contributed by atoms with Crippen LogP contribution in [0, 0.1) is 5.41 Å². The average Bonchev–Trinajstić information content (AvgIpc) is 3.03. The summed E-state index contributed by atoms with van der Waals surface area (Å²) < 4.78 is 63.5. The highest BCUT2D eigenvalue weighted by molar-refractivity contribution is 5.95. The minimum atomic E-state index is -5.08. The van der Waals surface area contributed by atoms with E-state index in [1.54, 1.807) is 19.1 Å². The van der Waals surface area contributed by atoms with Crippen molar-refractivity contribution in [3.05, 3.63) is 83.4 Å². The molecule has 1 fully saturated rings. The van der Waals surface area contributed by atoms with Gasteiger partial charge in [0.05, 0.1) is 6.04 Å². The minimum Gasteiger partial charge on any atom is -0.475 e. The predicted molar refractivity (Wildman–Crippen MR) is 162 cm³/mol. The maximum absolute atomic E-state index is 12.9. The van der Waals surface area contributed by atoms with Crippen molar-refractivity contribution in [2.24, 2.45) is 5.73 Å². The number of carboxylic acids is 2. The Morgan fingerprint density at radius 2 is 1.46 bits per heavy atom. The molecule has 1 aliphatic rings. The number of aliphatic carboxylic acids is 2. The Hall–Kier alpha value is -5.19. The van der Waals surface area contributed by atoms with E-state index in [0.717, 1.165) is 18.5 Å². The summed E-state index contributed by atoms with van der Waals surface area (Å²) >= 11 is 0. The van der Waals surface area contributed by atoms with Crippen LogP contribution in [-0.2, 0) is 25.7 Å². The summed E-state index contributed by atoms with van der Waals surface area (Å²) in [6.45, 7) is 2.78. The molecule has 0 aromatic heterocycles. The molecule has 1 heterocycles. The molecule has 0 saturated carbocycles. The van der Waals surface area contributed by atoms with Gasteiger partial charge in [-0.25, -0.2) is 9.59 Å². The Balaban J connectivity index is 0.000000479. The number of nitrogens with one attached hydrogen (secondary N) is 4. The van der Waals surface area contributed by atoms with Gasteiger partial charge in [0, 0.05) is 12.1 Å². The maximum atomic E-state index is 12.9. The van der Waals surface area contributed by atoms with Crippen LogP contribution in [0.5, 0.6) is 0 Å². The highest BCUT2D eigenvalue weighted by Crippen LogP contribution is 2.30. The number of halogens is 6. The number of carbonyl (C=O) groups excluding carboxylic acids is 2. The molecule has 0 aliphatic carbocycles. The van der Waals surface area contributed by atoms with Gasteiger partial charge in [0.2, 0.25) is 11.8 Å². The Morgan fingerprint density at radius 1 is 0.917 bits per heavy atom. The number of nitrogens with two attached hydrogens (primary N) is 1. The molecule has 3 atom stereocenters. The molecule has 3 aromatic carbocycles. The van der Waals surface area contributed by atoms with Gasteiger partial charge in [0.25, 0.3) is 0 Å². The number of fused-ring (bicyclic) bond motifs is 1. The number of carbonyl (C=O) groups is 4. The lowest BCUT2D eigenvalue weighted by Crippen LogP contribution is -2.53. The monoisotopic (exact) mass is 685 g/mol. The second-order valence-electron chi connectivity index (χ2n) is 10.5. The van der Waals surface area contributed by atoms with Crippen LogP contribution >= 0.6 is 0 Å². The van der Waals surface area contributed by atoms with E-state index < -0.39 is 30.3 Å². The summed E-state index contributed by atoms with van der Waals surface area (Å²) in [5.74, 6) is -5.61. The van der Waals surface area contributed by atoms with Crippen molar-refractivity contribution in [3.63, 3.8) is 0 Å². The van der Waals surface area contributed by atoms with Crippen LogP contribution in [0.2, 0.25) is 0 Å². The summed E-state index contributed by atoms with van der Waals surface area (Å²) in [7, 11) is 0. The number of hydrogen-bond donors (Lipinski definition) is 7. The molecule has 3 aromatic rings. The molecule has 0 unspecified atom stereocenters. The van der Waals surface area contributed by atoms with Crippen LogP contribution in [0.15, 0.2) is 66.7 Å². The summed E-state index contributed by atoms with van der Waals surface area (Å²) in [5, 5.41) is 33.1. The topological polar surface area (TPSA) is 195 Å². The predicted octanol–water partition coefficient (Wildman–Crippen LogP) is 4.05. The molecule has 11 nitrogen and oxygen atoms in total. The van der Waals surface area contributed by atoms with Crippen LogP contribution in [0.4, 0.5) is 26.3 Å². The standard InChI is InChI=1S/C27H31N5O2.2C2HF3O2/c1-17(26(33)31-16-18-6-8-20(9-7-18)25(28)29)32-27(34)24-15-23(12-13-30-24)22-11-10-19-4-2-3-5-21(19)14-22;2*3-2(4,5)1(6)7/h2-11,14,17,23-24,30H,12-13,15-16H2,1H3,(H3,28,29)(H,31,33)(H,32,34);2*(H,6,7)/t17-,23-,24+;;/m0../s1. The molecule has 1 aliphatic heterocycles. The van der Waals surface area contributed by atoms with Crippen LogP contribution in [0.3, 0.4) is 0 Å². The molecule has 48 heavy (non-hydrogen) atoms. The maximum Gasteiger partial charge on any atom is 0.490 e. The Labute approximate surface area is 270 Å². The Morgan fingerprint density at radius 3 is 1.98 bits per heavy atom. The summed E-state index contributed by atoms with van der Waals surface area (Å²) in [5.41, 5.74) is 8.24. The lowest BCUT2D eigenvalue weighted by atomic mass is 9.85. The molecule has 1 saturated heterocycles. The van der Waals surface area contributed by atoms with E-state index in [1.165, 1.54) is 16.3 Å². The van der Waals surface area contributed by atoms with Gasteiger partial charge in [-0.15, -0.1) is 0 Å². The number of benzene rings is 3. The van der Waals surface area contributed by atoms with E-state index in [1.807, 2.05) is 24.3 Å². The Bertz CT molecular complexity index is 1570. The molecule has 17 heteroatoms. The molecule has 8 N–H and O–H groups in total. The zero-order valence-electron chi connectivity index (χ0n) is 25.3. The fourth-order valence-electron chi connectivity index (χ4n) is 4.41. The lowest BCUT2D eigenvalue weighted by Gasteiger charge is -2.30. The summed E-state index contributed by atoms with van der Waals surface area (Å²) in [6, 6.07) is 21.0. The molecule has 4 rings (SSSR count). The second-order valence-corrected chi connectivity index (χ2v) is 10.5. The van der Waals surface area contributed by atoms with Crippen LogP contribution in [0.25, 0.3) is 10.8 Å². The third-order valence-corrected chi connectivity index (χ3v) is 6.93. The fraction of sp³-hybridized carbons (Fsp3) is 0.323. The van der Waals surface area contributed by atoms with Gasteiger partial charge in [-0.3, -0.25) is 15.0 Å². The fourth-order valence-corrected chi connectivity index (χ4v) is 4.41. The molecule has 0 spiro atoms. The van der Waals surface area contributed by atoms with Gasteiger partial charge in [-0.1, -0.05) is 66.7 Å². The zero-order chi connectivity index (χ0) is 36.2. The number of carboxylic acid groups (broad SMARTS) is 2. The number of amides is 2. The van der Waals surface area contributed by atoms with E-state index >= 15 is 0 Å². The smallest absolute Gasteiger partial charge is 0.475 e. The van der Waals surface area contributed by atoms with E-state index in [9.17, 15) is 35.9 Å². The van der Waals surface area contributed by atoms with E-state index in [-0.39, 0.29) is 23.7 Å². The van der Waals surface area contributed by atoms with Crippen molar-refractivity contribution in [1.82, 2.24) is 16.0 Å². The number of nitrogen functional groups attached to an aromatic ring is 1. The van der Waals surface area contributed by atoms with Crippen LogP contribution < -0.4 is 21.7 Å². The molecule has 2 amide bonds. The van der Waals surface area contributed by atoms with E-state index in [2.05, 4.69) is 46.3 Å². The molecule has 0 radical (unpaired) electrons. The number of piperidine rings is 1. The quantitative estimate of drug-likeness (QED) is 0.110. The van der Waals surface area contributed by atoms with Crippen LogP contribution in [0.1, 0.15) is 42.4 Å². The van der Waals surface area contributed by atoms with Crippen molar-refractivity contribution in [2.45, 2.75) is 56.7 Å². The van der Waals surface area contributed by atoms with Gasteiger partial charge in [-0.2, -0.15) is 26.3 Å². The van der Waals surface area contributed by atoms with Gasteiger partial charge in [0.1, 0.15) is 11.9 Å².